The summed E-state index contributed by atoms with van der Waals surface area (Å²) >= 11 is 0. The second kappa shape index (κ2) is 10.1. The van der Waals surface area contributed by atoms with E-state index in [0.717, 1.165) is 38.5 Å². The molecule has 0 aromatic heterocycles. The van der Waals surface area contributed by atoms with Crippen LogP contribution in [0.1, 0.15) is 26.3 Å². The number of nitrogens with zero attached hydrogens (tertiary/aromatic N) is 3. The highest BCUT2D eigenvalue weighted by Gasteiger charge is 2.27. The van der Waals surface area contributed by atoms with Crippen LogP contribution in [0.25, 0.3) is 0 Å². The van der Waals surface area contributed by atoms with Crippen molar-refractivity contribution in [2.45, 2.75) is 32.9 Å². The van der Waals surface area contributed by atoms with Crippen LogP contribution in [-0.4, -0.2) is 91.3 Å². The topological polar surface area (TPSA) is 74.4 Å². The van der Waals surface area contributed by atoms with Crippen LogP contribution in [0.3, 0.4) is 0 Å². The molecule has 0 unspecified atom stereocenters. The molecule has 0 atom stereocenters. The molecule has 2 fully saturated rings. The van der Waals surface area contributed by atoms with E-state index in [-0.39, 0.29) is 18.5 Å². The average molecular weight is 419 g/mol. The number of para-hydroxylation sites is 1. The number of carbonyl (C=O) groups excluding carboxylic acids is 2. The number of anilines is 1. The van der Waals surface area contributed by atoms with Crippen LogP contribution >= 0.6 is 0 Å². The molecule has 0 radical (unpaired) electrons. The molecular weight excluding hydrogens is 384 g/mol. The van der Waals surface area contributed by atoms with Crippen molar-refractivity contribution in [2.24, 2.45) is 0 Å². The fourth-order valence-corrected chi connectivity index (χ4v) is 3.58. The molecule has 8 heteroatoms. The Bertz CT molecular complexity index is 720. The normalized spacial score (nSPS) is 18.2. The molecule has 1 N–H and O–H groups in total. The van der Waals surface area contributed by atoms with E-state index in [1.54, 1.807) is 9.80 Å². The van der Waals surface area contributed by atoms with Crippen molar-refractivity contribution in [3.05, 3.63) is 29.8 Å². The van der Waals surface area contributed by atoms with Gasteiger partial charge in [0.2, 0.25) is 5.91 Å². The Morgan fingerprint density at radius 2 is 1.63 bits per heavy atom. The largest absolute Gasteiger partial charge is 0.444 e. The van der Waals surface area contributed by atoms with Gasteiger partial charge in [-0.05, 0) is 32.4 Å². The van der Waals surface area contributed by atoms with Gasteiger partial charge in [0.15, 0.2) is 0 Å². The zero-order chi connectivity index (χ0) is 21.6. The number of ether oxygens (including phenoxy) is 2. The quantitative estimate of drug-likeness (QED) is 0.789. The molecule has 0 bridgehead atoms. The summed E-state index contributed by atoms with van der Waals surface area (Å²) in [7, 11) is 0. The molecule has 3 rings (SSSR count). The fourth-order valence-electron chi connectivity index (χ4n) is 3.58. The minimum absolute atomic E-state index is 0.0417. The third kappa shape index (κ3) is 6.60. The van der Waals surface area contributed by atoms with Crippen molar-refractivity contribution in [2.75, 3.05) is 64.3 Å². The predicted molar refractivity (Wildman–Crippen MR) is 115 cm³/mol. The maximum atomic E-state index is 12.7. The van der Waals surface area contributed by atoms with Crippen LogP contribution in [-0.2, 0) is 20.8 Å². The number of nitrogens with one attached hydrogen (secondary N) is 1. The van der Waals surface area contributed by atoms with E-state index in [4.69, 9.17) is 9.47 Å². The number of carbonyl (C=O) groups is 2. The highest BCUT2D eigenvalue weighted by Crippen LogP contribution is 2.18. The van der Waals surface area contributed by atoms with Crippen molar-refractivity contribution >= 4 is 17.7 Å². The molecule has 1 aromatic rings. The van der Waals surface area contributed by atoms with Crippen molar-refractivity contribution in [1.29, 1.82) is 0 Å². The zero-order valence-electron chi connectivity index (χ0n) is 18.4. The van der Waals surface area contributed by atoms with E-state index in [0.29, 0.717) is 26.2 Å². The van der Waals surface area contributed by atoms with Crippen LogP contribution < -0.4 is 5.32 Å². The third-order valence-electron chi connectivity index (χ3n) is 5.23. The van der Waals surface area contributed by atoms with Gasteiger partial charge in [0.05, 0.1) is 19.8 Å². The van der Waals surface area contributed by atoms with E-state index < -0.39 is 5.60 Å². The molecule has 0 aliphatic carbocycles. The first-order valence-electron chi connectivity index (χ1n) is 10.7. The average Bonchev–Trinajstić information content (AvgIpc) is 2.72. The minimum atomic E-state index is -0.511. The molecule has 0 spiro atoms. The van der Waals surface area contributed by atoms with Gasteiger partial charge >= 0.3 is 6.09 Å². The molecule has 166 valence electrons. The lowest BCUT2D eigenvalue weighted by Gasteiger charge is -2.35. The summed E-state index contributed by atoms with van der Waals surface area (Å²) in [5.41, 5.74) is 1.66. The van der Waals surface area contributed by atoms with Gasteiger partial charge in [0.1, 0.15) is 5.60 Å². The van der Waals surface area contributed by atoms with Gasteiger partial charge in [-0.25, -0.2) is 4.79 Å². The van der Waals surface area contributed by atoms with Gasteiger partial charge in [-0.3, -0.25) is 9.69 Å². The van der Waals surface area contributed by atoms with Crippen LogP contribution in [0.5, 0.6) is 0 Å². The molecule has 2 aliphatic rings. The van der Waals surface area contributed by atoms with E-state index >= 15 is 0 Å². The summed E-state index contributed by atoms with van der Waals surface area (Å²) in [5, 5.41) is 3.31. The van der Waals surface area contributed by atoms with Crippen molar-refractivity contribution in [3.8, 4) is 0 Å². The maximum absolute atomic E-state index is 12.7. The smallest absolute Gasteiger partial charge is 0.410 e. The molecule has 30 heavy (non-hydrogen) atoms. The number of benzene rings is 1. The first kappa shape index (κ1) is 22.4. The van der Waals surface area contributed by atoms with E-state index in [2.05, 4.69) is 16.3 Å². The Morgan fingerprint density at radius 3 is 2.30 bits per heavy atom. The van der Waals surface area contributed by atoms with Gasteiger partial charge < -0.3 is 24.6 Å². The first-order valence-corrected chi connectivity index (χ1v) is 10.7. The van der Waals surface area contributed by atoms with Crippen LogP contribution in [0, 0.1) is 0 Å². The maximum Gasteiger partial charge on any atom is 0.410 e. The van der Waals surface area contributed by atoms with Gasteiger partial charge in [-0.1, -0.05) is 18.2 Å². The zero-order valence-corrected chi connectivity index (χ0v) is 18.4. The predicted octanol–water partition coefficient (Wildman–Crippen LogP) is 2.01. The lowest BCUT2D eigenvalue weighted by Crippen LogP contribution is -2.52. The van der Waals surface area contributed by atoms with Gasteiger partial charge in [-0.15, -0.1) is 0 Å². The van der Waals surface area contributed by atoms with Crippen molar-refractivity contribution < 1.29 is 19.1 Å². The van der Waals surface area contributed by atoms with Crippen LogP contribution in [0.15, 0.2) is 24.3 Å². The number of hydrogen-bond acceptors (Lipinski definition) is 6. The SMILES string of the molecule is CC(C)(C)OC(=O)N1CCN(C(=O)CNc2ccccc2CN2CCOCC2)CC1. The Labute approximate surface area is 179 Å². The lowest BCUT2D eigenvalue weighted by atomic mass is 10.1. The Balaban J connectivity index is 1.47. The number of hydrogen-bond donors (Lipinski definition) is 1. The van der Waals surface area contributed by atoms with E-state index in [1.807, 2.05) is 39.0 Å². The number of morpholine rings is 1. The minimum Gasteiger partial charge on any atom is -0.444 e. The van der Waals surface area contributed by atoms with E-state index in [1.165, 1.54) is 5.56 Å². The Kier molecular flexibility index (Phi) is 7.55. The lowest BCUT2D eigenvalue weighted by molar-refractivity contribution is -0.131. The van der Waals surface area contributed by atoms with Gasteiger partial charge in [0, 0.05) is 51.5 Å². The Hall–Kier alpha value is -2.32. The summed E-state index contributed by atoms with van der Waals surface area (Å²) in [6.45, 7) is 12.1. The standard InChI is InChI=1S/C22H34N4O4/c1-22(2,3)30-21(28)26-10-8-25(9-11-26)20(27)16-23-19-7-5-4-6-18(19)17-24-12-14-29-15-13-24/h4-7,23H,8-17H2,1-3H3. The number of piperazine rings is 1. The number of amides is 2. The molecule has 8 nitrogen and oxygen atoms in total. The third-order valence-corrected chi connectivity index (χ3v) is 5.23. The summed E-state index contributed by atoms with van der Waals surface area (Å²) in [6.07, 6.45) is -0.315. The first-order chi connectivity index (χ1) is 14.3. The molecular formula is C22H34N4O4. The molecule has 1 aromatic carbocycles. The molecule has 0 saturated carbocycles. The summed E-state index contributed by atoms with van der Waals surface area (Å²) in [6, 6.07) is 8.12. The fraction of sp³-hybridized carbons (Fsp3) is 0.636. The van der Waals surface area contributed by atoms with Crippen molar-refractivity contribution in [1.82, 2.24) is 14.7 Å². The van der Waals surface area contributed by atoms with Crippen LogP contribution in [0.4, 0.5) is 10.5 Å². The number of rotatable bonds is 5. The van der Waals surface area contributed by atoms with Gasteiger partial charge in [0.25, 0.3) is 0 Å². The summed E-state index contributed by atoms with van der Waals surface area (Å²) < 4.78 is 10.8. The Morgan fingerprint density at radius 1 is 1.00 bits per heavy atom. The van der Waals surface area contributed by atoms with E-state index in [9.17, 15) is 9.59 Å². The van der Waals surface area contributed by atoms with Crippen LogP contribution in [0.2, 0.25) is 0 Å². The highest BCUT2D eigenvalue weighted by molar-refractivity contribution is 5.81. The molecule has 2 saturated heterocycles. The summed E-state index contributed by atoms with van der Waals surface area (Å²) in [5.74, 6) is 0.0417. The highest BCUT2D eigenvalue weighted by atomic mass is 16.6. The molecule has 2 heterocycles. The van der Waals surface area contributed by atoms with Gasteiger partial charge in [-0.2, -0.15) is 0 Å². The molecule has 2 aliphatic heterocycles. The second-order valence-corrected chi connectivity index (χ2v) is 8.75. The molecule has 2 amide bonds. The second-order valence-electron chi connectivity index (χ2n) is 8.75. The summed E-state index contributed by atoms with van der Waals surface area (Å²) in [4.78, 5) is 30.7. The monoisotopic (exact) mass is 418 g/mol. The van der Waals surface area contributed by atoms with Crippen molar-refractivity contribution in [3.63, 3.8) is 0 Å².